The Morgan fingerprint density at radius 2 is 1.90 bits per heavy atom. The highest BCUT2D eigenvalue weighted by molar-refractivity contribution is 5.24. The molecule has 0 spiro atoms. The molecule has 2 N–H and O–H groups in total. The normalized spacial score (nSPS) is 12.8. The summed E-state index contributed by atoms with van der Waals surface area (Å²) in [7, 11) is 0. The molecule has 0 radical (unpaired) electrons. The van der Waals surface area contributed by atoms with Crippen LogP contribution in [-0.4, -0.2) is 18.2 Å². The van der Waals surface area contributed by atoms with Crippen molar-refractivity contribution in [3.8, 4) is 0 Å². The van der Waals surface area contributed by atoms with Crippen molar-refractivity contribution in [2.24, 2.45) is 5.92 Å². The van der Waals surface area contributed by atoms with Gasteiger partial charge in [0.05, 0.1) is 12.4 Å². The Bertz CT molecular complexity index is 503. The van der Waals surface area contributed by atoms with Gasteiger partial charge in [-0.3, -0.25) is 0 Å². The van der Waals surface area contributed by atoms with Crippen LogP contribution >= 0.6 is 0 Å². The molecule has 1 aromatic carbocycles. The van der Waals surface area contributed by atoms with Gasteiger partial charge in [-0.05, 0) is 35.6 Å². The van der Waals surface area contributed by atoms with Crippen LogP contribution in [0.25, 0.3) is 0 Å². The minimum Gasteiger partial charge on any atom is -0.469 e. The minimum atomic E-state index is -0.463. The summed E-state index contributed by atoms with van der Waals surface area (Å²) in [5.74, 6) is 1.62. The van der Waals surface area contributed by atoms with Gasteiger partial charge in [-0.1, -0.05) is 38.1 Å². The predicted molar refractivity (Wildman–Crippen MR) is 85.2 cm³/mol. The van der Waals surface area contributed by atoms with Crippen molar-refractivity contribution in [2.75, 3.05) is 13.1 Å². The summed E-state index contributed by atoms with van der Waals surface area (Å²) >= 11 is 0. The summed E-state index contributed by atoms with van der Waals surface area (Å²) in [6, 6.07) is 12.1. The molecular formula is C18H25NO2. The van der Waals surface area contributed by atoms with Gasteiger partial charge in [0.2, 0.25) is 0 Å². The Kier molecular flexibility index (Phi) is 6.03. The van der Waals surface area contributed by atoms with Crippen LogP contribution in [0.3, 0.4) is 0 Å². The van der Waals surface area contributed by atoms with E-state index in [2.05, 4.69) is 31.3 Å². The van der Waals surface area contributed by atoms with E-state index in [9.17, 15) is 5.11 Å². The third-order valence-electron chi connectivity index (χ3n) is 3.47. The molecule has 21 heavy (non-hydrogen) atoms. The molecule has 0 amide bonds. The fourth-order valence-corrected chi connectivity index (χ4v) is 2.37. The van der Waals surface area contributed by atoms with Crippen molar-refractivity contribution in [1.82, 2.24) is 5.32 Å². The zero-order valence-electron chi connectivity index (χ0n) is 12.9. The maximum atomic E-state index is 10.2. The number of nitrogens with one attached hydrogen (secondary N) is 1. The summed E-state index contributed by atoms with van der Waals surface area (Å²) in [5.41, 5.74) is 2.29. The van der Waals surface area contributed by atoms with Crippen molar-refractivity contribution in [1.29, 1.82) is 0 Å². The smallest absolute Gasteiger partial charge is 0.105 e. The molecule has 114 valence electrons. The lowest BCUT2D eigenvalue weighted by Gasteiger charge is -2.13. The second-order valence-electron chi connectivity index (χ2n) is 5.89. The van der Waals surface area contributed by atoms with Crippen LogP contribution in [0.4, 0.5) is 0 Å². The maximum Gasteiger partial charge on any atom is 0.105 e. The summed E-state index contributed by atoms with van der Waals surface area (Å²) in [4.78, 5) is 0. The lowest BCUT2D eigenvalue weighted by Crippen LogP contribution is -2.23. The van der Waals surface area contributed by atoms with E-state index >= 15 is 0 Å². The quantitative estimate of drug-likeness (QED) is 0.732. The van der Waals surface area contributed by atoms with Crippen molar-refractivity contribution >= 4 is 0 Å². The van der Waals surface area contributed by atoms with Crippen molar-refractivity contribution in [2.45, 2.75) is 32.8 Å². The number of rotatable bonds is 8. The predicted octanol–water partition coefficient (Wildman–Crippen LogP) is 3.34. The SMILES string of the molecule is CC(C)Cc1ccc(C(O)CNCCc2ccco2)cc1. The van der Waals surface area contributed by atoms with E-state index in [1.807, 2.05) is 24.3 Å². The molecular weight excluding hydrogens is 262 g/mol. The Balaban J connectivity index is 1.73. The molecule has 0 fully saturated rings. The Hall–Kier alpha value is -1.58. The second kappa shape index (κ2) is 8.01. The number of furan rings is 1. The second-order valence-corrected chi connectivity index (χ2v) is 5.89. The van der Waals surface area contributed by atoms with Gasteiger partial charge in [0.1, 0.15) is 5.76 Å². The highest BCUT2D eigenvalue weighted by Crippen LogP contribution is 2.15. The van der Waals surface area contributed by atoms with Crippen molar-refractivity contribution < 1.29 is 9.52 Å². The van der Waals surface area contributed by atoms with Gasteiger partial charge >= 0.3 is 0 Å². The zero-order chi connectivity index (χ0) is 15.1. The van der Waals surface area contributed by atoms with E-state index in [1.54, 1.807) is 6.26 Å². The highest BCUT2D eigenvalue weighted by atomic mass is 16.3. The van der Waals surface area contributed by atoms with Crippen LogP contribution in [0.5, 0.6) is 0 Å². The summed E-state index contributed by atoms with van der Waals surface area (Å²) in [6.07, 6.45) is 3.14. The molecule has 0 aliphatic heterocycles. The molecule has 1 aromatic heterocycles. The molecule has 0 aliphatic rings. The maximum absolute atomic E-state index is 10.2. The van der Waals surface area contributed by atoms with Gasteiger partial charge in [0, 0.05) is 19.5 Å². The van der Waals surface area contributed by atoms with Crippen LogP contribution in [-0.2, 0) is 12.8 Å². The van der Waals surface area contributed by atoms with Crippen LogP contribution in [0.1, 0.15) is 36.8 Å². The lowest BCUT2D eigenvalue weighted by atomic mass is 10.0. The van der Waals surface area contributed by atoms with Crippen LogP contribution < -0.4 is 5.32 Å². The molecule has 0 bridgehead atoms. The molecule has 1 unspecified atom stereocenters. The van der Waals surface area contributed by atoms with Crippen LogP contribution in [0.15, 0.2) is 47.1 Å². The Morgan fingerprint density at radius 1 is 1.14 bits per heavy atom. The highest BCUT2D eigenvalue weighted by Gasteiger charge is 2.07. The summed E-state index contributed by atoms with van der Waals surface area (Å²) < 4.78 is 5.27. The first-order valence-corrected chi connectivity index (χ1v) is 7.65. The molecule has 0 aliphatic carbocycles. The number of aliphatic hydroxyl groups is 1. The van der Waals surface area contributed by atoms with E-state index in [0.29, 0.717) is 12.5 Å². The van der Waals surface area contributed by atoms with E-state index in [1.165, 1.54) is 5.56 Å². The third kappa shape index (κ3) is 5.37. The van der Waals surface area contributed by atoms with Crippen molar-refractivity contribution in [3.05, 3.63) is 59.5 Å². The largest absolute Gasteiger partial charge is 0.469 e. The van der Waals surface area contributed by atoms with Gasteiger partial charge in [0.15, 0.2) is 0 Å². The first kappa shape index (κ1) is 15.8. The molecule has 3 heteroatoms. The van der Waals surface area contributed by atoms with Gasteiger partial charge in [0.25, 0.3) is 0 Å². The molecule has 1 heterocycles. The number of hydrogen-bond acceptors (Lipinski definition) is 3. The average molecular weight is 287 g/mol. The van der Waals surface area contributed by atoms with E-state index in [4.69, 9.17) is 4.42 Å². The number of aliphatic hydroxyl groups excluding tert-OH is 1. The third-order valence-corrected chi connectivity index (χ3v) is 3.47. The Labute approximate surface area is 127 Å². The fraction of sp³-hybridized carbons (Fsp3) is 0.444. The molecule has 3 nitrogen and oxygen atoms in total. The average Bonchev–Trinajstić information content (AvgIpc) is 2.97. The van der Waals surface area contributed by atoms with E-state index in [0.717, 1.165) is 30.7 Å². The van der Waals surface area contributed by atoms with E-state index < -0.39 is 6.10 Å². The minimum absolute atomic E-state index is 0.463. The van der Waals surface area contributed by atoms with E-state index in [-0.39, 0.29) is 0 Å². The summed E-state index contributed by atoms with van der Waals surface area (Å²) in [6.45, 7) is 5.79. The first-order chi connectivity index (χ1) is 10.1. The first-order valence-electron chi connectivity index (χ1n) is 7.65. The van der Waals surface area contributed by atoms with Crippen LogP contribution in [0.2, 0.25) is 0 Å². The van der Waals surface area contributed by atoms with Crippen LogP contribution in [0, 0.1) is 5.92 Å². The molecule has 2 aromatic rings. The van der Waals surface area contributed by atoms with Gasteiger partial charge in [-0.2, -0.15) is 0 Å². The van der Waals surface area contributed by atoms with Gasteiger partial charge in [-0.25, -0.2) is 0 Å². The fourth-order valence-electron chi connectivity index (χ4n) is 2.37. The number of hydrogen-bond donors (Lipinski definition) is 2. The topological polar surface area (TPSA) is 45.4 Å². The lowest BCUT2D eigenvalue weighted by molar-refractivity contribution is 0.175. The molecule has 0 saturated heterocycles. The molecule has 0 saturated carbocycles. The summed E-state index contributed by atoms with van der Waals surface area (Å²) in [5, 5.41) is 13.4. The Morgan fingerprint density at radius 3 is 2.52 bits per heavy atom. The standard InChI is InChI=1S/C18H25NO2/c1-14(2)12-15-5-7-16(8-6-15)18(20)13-19-10-9-17-4-3-11-21-17/h3-8,11,14,18-20H,9-10,12-13H2,1-2H3. The number of benzene rings is 1. The molecule has 2 rings (SSSR count). The van der Waals surface area contributed by atoms with Gasteiger partial charge in [-0.15, -0.1) is 0 Å². The van der Waals surface area contributed by atoms with Gasteiger partial charge < -0.3 is 14.8 Å². The monoisotopic (exact) mass is 287 g/mol. The van der Waals surface area contributed by atoms with Crippen molar-refractivity contribution in [3.63, 3.8) is 0 Å². The zero-order valence-corrected chi connectivity index (χ0v) is 12.9. The molecule has 1 atom stereocenters.